The Morgan fingerprint density at radius 1 is 0.238 bits per heavy atom. The van der Waals surface area contributed by atoms with Crippen LogP contribution in [0.5, 0.6) is 0 Å². The van der Waals surface area contributed by atoms with E-state index in [9.17, 15) is 43.2 Å². The van der Waals surface area contributed by atoms with Crippen LogP contribution in [0.4, 0.5) is 0 Å². The number of carbonyl (C=O) groups is 4. The molecule has 5 atom stereocenters. The molecule has 0 aliphatic carbocycles. The zero-order chi connectivity index (χ0) is 73.9. The van der Waals surface area contributed by atoms with Crippen molar-refractivity contribution in [2.45, 2.75) is 463 Å². The van der Waals surface area contributed by atoms with Crippen molar-refractivity contribution in [2.24, 2.45) is 0 Å². The molecule has 0 spiro atoms. The maximum atomic E-state index is 13.1. The van der Waals surface area contributed by atoms with Crippen molar-refractivity contribution < 1.29 is 80.2 Å². The van der Waals surface area contributed by atoms with E-state index in [1.807, 2.05) is 0 Å². The molecule has 0 fully saturated rings. The van der Waals surface area contributed by atoms with E-state index in [0.29, 0.717) is 25.7 Å². The molecule has 0 radical (unpaired) electrons. The molecule has 17 nitrogen and oxygen atoms in total. The number of esters is 4. The van der Waals surface area contributed by atoms with Gasteiger partial charge in [0.05, 0.1) is 26.4 Å². The van der Waals surface area contributed by atoms with Crippen LogP contribution in [0, 0.1) is 0 Å². The molecule has 2 unspecified atom stereocenters. The third kappa shape index (κ3) is 76.1. The number of hydrogen-bond donors (Lipinski definition) is 3. The van der Waals surface area contributed by atoms with Gasteiger partial charge in [0, 0.05) is 25.7 Å². The standard InChI is InChI=1S/C82H160O17P2/c1-5-9-13-17-20-23-26-29-32-35-38-41-43-46-49-52-55-59-63-67-80(85)93-73-78(99-82(87)69-65-61-57-54-51-48-45-42-39-36-33-30-27-24-21-18-14-10-6-2)75-97-101(90,91)95-71-76(83)70-94-100(88,89)96-74-77(72-92-79(84)66-62-58-16-12-8-4)98-81(86)68-64-60-56-53-50-47-44-40-37-34-31-28-25-22-19-15-11-7-3/h76-78,83H,5-75H2,1-4H3,(H,88,89)(H,90,91)/t76-,77+,78+/m0/s1. The van der Waals surface area contributed by atoms with Crippen molar-refractivity contribution in [1.29, 1.82) is 0 Å². The number of aliphatic hydroxyl groups is 1. The smallest absolute Gasteiger partial charge is 0.462 e. The van der Waals surface area contributed by atoms with Crippen LogP contribution in [0.25, 0.3) is 0 Å². The van der Waals surface area contributed by atoms with Gasteiger partial charge in [-0.15, -0.1) is 0 Å². The van der Waals surface area contributed by atoms with E-state index in [-0.39, 0.29) is 25.7 Å². The summed E-state index contributed by atoms with van der Waals surface area (Å²) in [6, 6.07) is 0. The molecule has 0 rings (SSSR count). The number of phosphoric acid groups is 2. The fourth-order valence-corrected chi connectivity index (χ4v) is 14.4. The number of carbonyl (C=O) groups excluding carboxylic acids is 4. The van der Waals surface area contributed by atoms with Gasteiger partial charge in [-0.05, 0) is 25.7 Å². The van der Waals surface area contributed by atoms with Crippen molar-refractivity contribution in [3.63, 3.8) is 0 Å². The molecule has 101 heavy (non-hydrogen) atoms. The van der Waals surface area contributed by atoms with Gasteiger partial charge < -0.3 is 33.8 Å². The lowest BCUT2D eigenvalue weighted by Gasteiger charge is -2.21. The van der Waals surface area contributed by atoms with E-state index < -0.39 is 97.5 Å². The van der Waals surface area contributed by atoms with Crippen molar-refractivity contribution >= 4 is 39.5 Å². The molecular formula is C82H160O17P2. The monoisotopic (exact) mass is 1480 g/mol. The van der Waals surface area contributed by atoms with Crippen molar-refractivity contribution in [1.82, 2.24) is 0 Å². The van der Waals surface area contributed by atoms with Gasteiger partial charge in [0.1, 0.15) is 19.3 Å². The van der Waals surface area contributed by atoms with Crippen LogP contribution in [0.1, 0.15) is 445 Å². The fraction of sp³-hybridized carbons (Fsp3) is 0.951. The Morgan fingerprint density at radius 2 is 0.396 bits per heavy atom. The molecule has 600 valence electrons. The quantitative estimate of drug-likeness (QED) is 0.0222. The summed E-state index contributed by atoms with van der Waals surface area (Å²) in [5, 5.41) is 10.6. The minimum atomic E-state index is -4.96. The Bertz CT molecular complexity index is 1910. The van der Waals surface area contributed by atoms with Crippen LogP contribution < -0.4 is 0 Å². The van der Waals surface area contributed by atoms with E-state index >= 15 is 0 Å². The average Bonchev–Trinajstić information content (AvgIpc) is 1.47. The van der Waals surface area contributed by atoms with E-state index in [2.05, 4.69) is 27.7 Å². The zero-order valence-electron chi connectivity index (χ0n) is 65.9. The molecule has 0 aromatic rings. The summed E-state index contributed by atoms with van der Waals surface area (Å²) in [4.78, 5) is 72.8. The van der Waals surface area contributed by atoms with Gasteiger partial charge in [-0.25, -0.2) is 9.13 Å². The predicted molar refractivity (Wildman–Crippen MR) is 414 cm³/mol. The Morgan fingerprint density at radius 3 is 0.584 bits per heavy atom. The normalized spacial score (nSPS) is 13.8. The summed E-state index contributed by atoms with van der Waals surface area (Å²) in [5.74, 6) is -2.12. The predicted octanol–water partition coefficient (Wildman–Crippen LogP) is 25.0. The maximum Gasteiger partial charge on any atom is 0.472 e. The summed E-state index contributed by atoms with van der Waals surface area (Å²) < 4.78 is 68.5. The Hall–Kier alpha value is -1.94. The highest BCUT2D eigenvalue weighted by Gasteiger charge is 2.30. The lowest BCUT2D eigenvalue weighted by atomic mass is 10.0. The molecule has 0 aromatic carbocycles. The van der Waals surface area contributed by atoms with Crippen LogP contribution in [0.3, 0.4) is 0 Å². The van der Waals surface area contributed by atoms with Gasteiger partial charge in [0.25, 0.3) is 0 Å². The molecule has 19 heteroatoms. The number of ether oxygens (including phenoxy) is 4. The summed E-state index contributed by atoms with van der Waals surface area (Å²) >= 11 is 0. The van der Waals surface area contributed by atoms with E-state index in [1.54, 1.807) is 0 Å². The van der Waals surface area contributed by atoms with Crippen LogP contribution in [-0.4, -0.2) is 96.7 Å². The van der Waals surface area contributed by atoms with Gasteiger partial charge in [-0.1, -0.05) is 394 Å². The molecule has 0 aliphatic heterocycles. The van der Waals surface area contributed by atoms with Crippen LogP contribution in [0.15, 0.2) is 0 Å². The van der Waals surface area contributed by atoms with Gasteiger partial charge in [-0.2, -0.15) is 0 Å². The molecule has 0 saturated carbocycles. The highest BCUT2D eigenvalue weighted by atomic mass is 31.2. The number of hydrogen-bond acceptors (Lipinski definition) is 15. The van der Waals surface area contributed by atoms with Gasteiger partial charge >= 0.3 is 39.5 Å². The lowest BCUT2D eigenvalue weighted by Crippen LogP contribution is -2.30. The summed E-state index contributed by atoms with van der Waals surface area (Å²) in [6.07, 6.45) is 69.9. The molecule has 3 N–H and O–H groups in total. The largest absolute Gasteiger partial charge is 0.472 e. The Balaban J connectivity index is 5.10. The Labute approximate surface area is 619 Å². The molecule has 0 aromatic heterocycles. The first-order valence-electron chi connectivity index (χ1n) is 42.8. The summed E-state index contributed by atoms with van der Waals surface area (Å²) in [7, 11) is -9.91. The molecule has 0 amide bonds. The topological polar surface area (TPSA) is 237 Å². The fourth-order valence-electron chi connectivity index (χ4n) is 12.8. The molecule has 0 aliphatic rings. The minimum absolute atomic E-state index is 0.108. The van der Waals surface area contributed by atoms with Crippen LogP contribution in [0.2, 0.25) is 0 Å². The maximum absolute atomic E-state index is 13.1. The lowest BCUT2D eigenvalue weighted by molar-refractivity contribution is -0.161. The first kappa shape index (κ1) is 99.1. The molecule has 0 bridgehead atoms. The van der Waals surface area contributed by atoms with Crippen molar-refractivity contribution in [3.8, 4) is 0 Å². The SMILES string of the molecule is CCCCCCCCCCCCCCCCCCCCCC(=O)OC[C@H](COP(=O)(O)OC[C@@H](O)COP(=O)(O)OC[C@@H](COC(=O)CCCCCCC)OC(=O)CCCCCCCCCCCCCCCCCCCC)OC(=O)CCCCCCCCCCCCCCCCCCCCC. The molecular weight excluding hydrogens is 1320 g/mol. The van der Waals surface area contributed by atoms with Crippen LogP contribution in [-0.2, 0) is 65.4 Å². The van der Waals surface area contributed by atoms with Crippen LogP contribution >= 0.6 is 15.6 Å². The minimum Gasteiger partial charge on any atom is -0.462 e. The van der Waals surface area contributed by atoms with E-state index in [4.69, 9.17) is 37.0 Å². The molecule has 0 saturated heterocycles. The second-order valence-electron chi connectivity index (χ2n) is 29.5. The third-order valence-corrected chi connectivity index (χ3v) is 21.3. The highest BCUT2D eigenvalue weighted by molar-refractivity contribution is 7.47. The van der Waals surface area contributed by atoms with Gasteiger partial charge in [0.15, 0.2) is 12.2 Å². The zero-order valence-corrected chi connectivity index (χ0v) is 67.7. The van der Waals surface area contributed by atoms with Gasteiger partial charge in [-0.3, -0.25) is 37.3 Å². The first-order valence-corrected chi connectivity index (χ1v) is 45.8. The second kappa shape index (κ2) is 76.3. The summed E-state index contributed by atoms with van der Waals surface area (Å²) in [6.45, 7) is 4.95. The van der Waals surface area contributed by atoms with E-state index in [0.717, 1.165) is 96.3 Å². The number of rotatable bonds is 83. The number of unbranched alkanes of at least 4 members (excludes halogenated alkanes) is 57. The highest BCUT2D eigenvalue weighted by Crippen LogP contribution is 2.45. The first-order chi connectivity index (χ1) is 49.2. The third-order valence-electron chi connectivity index (χ3n) is 19.4. The van der Waals surface area contributed by atoms with Crippen molar-refractivity contribution in [3.05, 3.63) is 0 Å². The summed E-state index contributed by atoms with van der Waals surface area (Å²) in [5.41, 5.74) is 0. The Kier molecular flexibility index (Phi) is 74.8. The number of aliphatic hydroxyl groups excluding tert-OH is 1. The number of phosphoric ester groups is 2. The second-order valence-corrected chi connectivity index (χ2v) is 32.4. The molecule has 0 heterocycles. The average molecular weight is 1480 g/mol. The van der Waals surface area contributed by atoms with Crippen molar-refractivity contribution in [2.75, 3.05) is 39.6 Å². The van der Waals surface area contributed by atoms with Gasteiger partial charge in [0.2, 0.25) is 0 Å². The van der Waals surface area contributed by atoms with E-state index in [1.165, 1.54) is 270 Å².